The maximum absolute atomic E-state index is 12.2. The Kier molecular flexibility index (Phi) is 9.91. The van der Waals surface area contributed by atoms with E-state index in [1.54, 1.807) is 0 Å². The minimum absolute atomic E-state index is 0.0410. The SMILES string of the molecule is O=C(O)CCOCCNC(=O)CCCCCNC(=O)OCC1c2ccccc2-c2ccccc21. The summed E-state index contributed by atoms with van der Waals surface area (Å²) in [5.41, 5.74) is 4.76. The van der Waals surface area contributed by atoms with Crippen LogP contribution < -0.4 is 10.6 Å². The number of hydrogen-bond acceptors (Lipinski definition) is 5. The Labute approximate surface area is 199 Å². The number of hydrogen-bond donors (Lipinski definition) is 3. The molecule has 2 amide bonds. The van der Waals surface area contributed by atoms with E-state index in [1.165, 1.54) is 22.3 Å². The van der Waals surface area contributed by atoms with Crippen LogP contribution in [-0.2, 0) is 19.1 Å². The lowest BCUT2D eigenvalue weighted by Crippen LogP contribution is -2.28. The van der Waals surface area contributed by atoms with Gasteiger partial charge in [-0.1, -0.05) is 55.0 Å². The quantitative estimate of drug-likeness (QED) is 0.365. The van der Waals surface area contributed by atoms with Crippen LogP contribution in [0.15, 0.2) is 48.5 Å². The molecule has 2 aromatic rings. The number of unbranched alkanes of at least 4 members (excludes halogenated alkanes) is 2. The lowest BCUT2D eigenvalue weighted by atomic mass is 9.98. The van der Waals surface area contributed by atoms with E-state index in [4.69, 9.17) is 14.6 Å². The summed E-state index contributed by atoms with van der Waals surface area (Å²) >= 11 is 0. The van der Waals surface area contributed by atoms with Crippen molar-refractivity contribution < 1.29 is 29.0 Å². The van der Waals surface area contributed by atoms with E-state index in [0.717, 1.165) is 19.3 Å². The highest BCUT2D eigenvalue weighted by Gasteiger charge is 2.28. The number of alkyl carbamates (subject to hydrolysis) is 1. The van der Waals surface area contributed by atoms with Crippen molar-refractivity contribution in [1.29, 1.82) is 0 Å². The maximum Gasteiger partial charge on any atom is 0.407 e. The average Bonchev–Trinajstić information content (AvgIpc) is 3.15. The summed E-state index contributed by atoms with van der Waals surface area (Å²) in [6, 6.07) is 16.4. The highest BCUT2D eigenvalue weighted by atomic mass is 16.5. The van der Waals surface area contributed by atoms with E-state index in [9.17, 15) is 14.4 Å². The highest BCUT2D eigenvalue weighted by Crippen LogP contribution is 2.44. The summed E-state index contributed by atoms with van der Waals surface area (Å²) in [6.07, 6.45) is 2.22. The van der Waals surface area contributed by atoms with E-state index in [0.29, 0.717) is 32.7 Å². The van der Waals surface area contributed by atoms with Crippen LogP contribution in [-0.4, -0.2) is 56.0 Å². The molecule has 3 rings (SSSR count). The van der Waals surface area contributed by atoms with Crippen molar-refractivity contribution in [3.8, 4) is 11.1 Å². The van der Waals surface area contributed by atoms with Gasteiger partial charge in [0.1, 0.15) is 6.61 Å². The molecule has 0 spiro atoms. The second kappa shape index (κ2) is 13.3. The lowest BCUT2D eigenvalue weighted by Gasteiger charge is -2.14. The summed E-state index contributed by atoms with van der Waals surface area (Å²) in [7, 11) is 0. The van der Waals surface area contributed by atoms with Crippen molar-refractivity contribution in [3.05, 3.63) is 59.7 Å². The molecule has 0 heterocycles. The molecule has 0 saturated heterocycles. The van der Waals surface area contributed by atoms with Gasteiger partial charge in [-0.3, -0.25) is 9.59 Å². The molecule has 0 unspecified atom stereocenters. The third-order valence-corrected chi connectivity index (χ3v) is 5.72. The molecule has 0 aromatic heterocycles. The number of carbonyl (C=O) groups excluding carboxylic acids is 2. The number of benzene rings is 2. The van der Waals surface area contributed by atoms with Gasteiger partial charge >= 0.3 is 12.1 Å². The number of nitrogens with one attached hydrogen (secondary N) is 2. The van der Waals surface area contributed by atoms with E-state index in [1.807, 2.05) is 24.3 Å². The predicted molar refractivity (Wildman–Crippen MR) is 128 cm³/mol. The molecule has 0 bridgehead atoms. The number of amides is 2. The fourth-order valence-corrected chi connectivity index (χ4v) is 4.04. The molecule has 2 aromatic carbocycles. The number of fused-ring (bicyclic) bond motifs is 3. The summed E-state index contributed by atoms with van der Waals surface area (Å²) in [6.45, 7) is 1.59. The van der Waals surface area contributed by atoms with Crippen molar-refractivity contribution in [2.75, 3.05) is 32.9 Å². The third kappa shape index (κ3) is 7.59. The minimum atomic E-state index is -0.905. The van der Waals surface area contributed by atoms with Crippen LogP contribution in [0.5, 0.6) is 0 Å². The molecule has 1 aliphatic rings. The normalized spacial score (nSPS) is 12.0. The first-order valence-electron chi connectivity index (χ1n) is 11.7. The number of carbonyl (C=O) groups is 3. The van der Waals surface area contributed by atoms with Crippen LogP contribution in [0.25, 0.3) is 11.1 Å². The number of rotatable bonds is 14. The van der Waals surface area contributed by atoms with E-state index in [-0.39, 0.29) is 24.9 Å². The lowest BCUT2D eigenvalue weighted by molar-refractivity contribution is -0.138. The zero-order valence-corrected chi connectivity index (χ0v) is 19.3. The summed E-state index contributed by atoms with van der Waals surface area (Å²) in [5, 5.41) is 14.0. The predicted octanol–water partition coefficient (Wildman–Crippen LogP) is 3.69. The Bertz CT molecular complexity index is 932. The first-order valence-corrected chi connectivity index (χ1v) is 11.7. The largest absolute Gasteiger partial charge is 0.481 e. The van der Waals surface area contributed by atoms with Gasteiger partial charge in [0.15, 0.2) is 0 Å². The number of ether oxygens (including phenoxy) is 2. The van der Waals surface area contributed by atoms with Crippen molar-refractivity contribution in [3.63, 3.8) is 0 Å². The van der Waals surface area contributed by atoms with Crippen molar-refractivity contribution in [2.24, 2.45) is 0 Å². The van der Waals surface area contributed by atoms with E-state index in [2.05, 4.69) is 34.9 Å². The van der Waals surface area contributed by atoms with Gasteiger partial charge in [0.25, 0.3) is 0 Å². The maximum atomic E-state index is 12.2. The van der Waals surface area contributed by atoms with Gasteiger partial charge in [0.05, 0.1) is 19.6 Å². The van der Waals surface area contributed by atoms with Crippen molar-refractivity contribution in [1.82, 2.24) is 10.6 Å². The first kappa shape index (κ1) is 25.2. The van der Waals surface area contributed by atoms with Gasteiger partial charge in [0.2, 0.25) is 5.91 Å². The molecule has 0 saturated carbocycles. The molecule has 8 nitrogen and oxygen atoms in total. The molecule has 3 N–H and O–H groups in total. The minimum Gasteiger partial charge on any atom is -0.481 e. The Morgan fingerprint density at radius 1 is 0.794 bits per heavy atom. The van der Waals surface area contributed by atoms with Crippen LogP contribution in [0.4, 0.5) is 4.79 Å². The fourth-order valence-electron chi connectivity index (χ4n) is 4.04. The van der Waals surface area contributed by atoms with Gasteiger partial charge < -0.3 is 25.2 Å². The number of carboxylic acid groups (broad SMARTS) is 1. The second-order valence-corrected chi connectivity index (χ2v) is 8.17. The molecule has 0 fully saturated rings. The van der Waals surface area contributed by atoms with Gasteiger partial charge in [0, 0.05) is 25.4 Å². The first-order chi connectivity index (χ1) is 16.6. The molecular formula is C26H32N2O6. The zero-order valence-electron chi connectivity index (χ0n) is 19.3. The zero-order chi connectivity index (χ0) is 24.2. The second-order valence-electron chi connectivity index (χ2n) is 8.17. The fraction of sp³-hybridized carbons (Fsp3) is 0.423. The summed E-state index contributed by atoms with van der Waals surface area (Å²) in [5.74, 6) is -0.928. The van der Waals surface area contributed by atoms with Crippen molar-refractivity contribution in [2.45, 2.75) is 38.0 Å². The number of aliphatic carboxylic acids is 1. The summed E-state index contributed by atoms with van der Waals surface area (Å²) in [4.78, 5) is 34.3. The van der Waals surface area contributed by atoms with Crippen LogP contribution in [0.2, 0.25) is 0 Å². The molecule has 8 heteroatoms. The molecule has 1 aliphatic carbocycles. The van der Waals surface area contributed by atoms with Gasteiger partial charge in [-0.05, 0) is 35.1 Å². The number of carboxylic acids is 1. The van der Waals surface area contributed by atoms with Gasteiger partial charge in [-0.25, -0.2) is 4.79 Å². The molecule has 34 heavy (non-hydrogen) atoms. The molecular weight excluding hydrogens is 436 g/mol. The van der Waals surface area contributed by atoms with Crippen LogP contribution >= 0.6 is 0 Å². The average molecular weight is 469 g/mol. The monoisotopic (exact) mass is 468 g/mol. The Hall–Kier alpha value is -3.39. The smallest absolute Gasteiger partial charge is 0.407 e. The van der Waals surface area contributed by atoms with Gasteiger partial charge in [-0.15, -0.1) is 0 Å². The van der Waals surface area contributed by atoms with Crippen LogP contribution in [0.3, 0.4) is 0 Å². The van der Waals surface area contributed by atoms with Crippen LogP contribution in [0, 0.1) is 0 Å². The highest BCUT2D eigenvalue weighted by molar-refractivity contribution is 5.79. The van der Waals surface area contributed by atoms with Crippen molar-refractivity contribution >= 4 is 18.0 Å². The third-order valence-electron chi connectivity index (χ3n) is 5.72. The Morgan fingerprint density at radius 2 is 1.47 bits per heavy atom. The van der Waals surface area contributed by atoms with Gasteiger partial charge in [-0.2, -0.15) is 0 Å². The molecule has 0 atom stereocenters. The van der Waals surface area contributed by atoms with Crippen LogP contribution in [0.1, 0.15) is 49.1 Å². The van der Waals surface area contributed by atoms with E-state index < -0.39 is 12.1 Å². The molecule has 0 aliphatic heterocycles. The summed E-state index contributed by atoms with van der Waals surface area (Å²) < 4.78 is 10.6. The Balaban J connectivity index is 1.24. The van der Waals surface area contributed by atoms with E-state index >= 15 is 0 Å². The Morgan fingerprint density at radius 3 is 2.15 bits per heavy atom. The molecule has 182 valence electrons. The molecule has 0 radical (unpaired) electrons. The topological polar surface area (TPSA) is 114 Å². The standard InChI is InChI=1S/C26H32N2O6/c29-24(27-15-17-33-16-13-25(30)31)12-2-1-7-14-28-26(32)34-18-23-21-10-5-3-8-19(21)20-9-4-6-11-22(20)23/h3-6,8-11,23H,1-2,7,12-18H2,(H,27,29)(H,28,32)(H,30,31).